The number of nitrogens with zero attached hydrogens (tertiary/aromatic N) is 1. The van der Waals surface area contributed by atoms with Crippen LogP contribution in [0.15, 0.2) is 22.7 Å². The Morgan fingerprint density at radius 3 is 2.73 bits per heavy atom. The van der Waals surface area contributed by atoms with Crippen molar-refractivity contribution in [1.82, 2.24) is 4.90 Å². The molecule has 0 aliphatic heterocycles. The quantitative estimate of drug-likeness (QED) is 0.810. The van der Waals surface area contributed by atoms with Crippen molar-refractivity contribution in [3.63, 3.8) is 0 Å². The van der Waals surface area contributed by atoms with Crippen molar-refractivity contribution in [3.8, 4) is 0 Å². The molecule has 4 heteroatoms. The molecule has 2 rings (SSSR count). The summed E-state index contributed by atoms with van der Waals surface area (Å²) in [6.07, 6.45) is 2.06. The van der Waals surface area contributed by atoms with E-state index in [2.05, 4.69) is 15.9 Å². The van der Waals surface area contributed by atoms with E-state index in [1.54, 1.807) is 18.0 Å². The van der Waals surface area contributed by atoms with Gasteiger partial charge < -0.3 is 4.90 Å². The Hall–Kier alpha value is -0.900. The van der Waals surface area contributed by atoms with E-state index in [0.29, 0.717) is 10.5 Å². The van der Waals surface area contributed by atoms with E-state index in [1.165, 1.54) is 12.1 Å². The van der Waals surface area contributed by atoms with Crippen molar-refractivity contribution in [1.29, 1.82) is 0 Å². The highest BCUT2D eigenvalue weighted by Crippen LogP contribution is 2.27. The Labute approximate surface area is 96.2 Å². The molecular formula is C11H11BrFNO. The Bertz CT molecular complexity index is 404. The zero-order valence-corrected chi connectivity index (χ0v) is 9.92. The van der Waals surface area contributed by atoms with Crippen molar-refractivity contribution in [2.75, 3.05) is 7.05 Å². The van der Waals surface area contributed by atoms with Crippen LogP contribution in [0.25, 0.3) is 0 Å². The van der Waals surface area contributed by atoms with Gasteiger partial charge in [0.15, 0.2) is 0 Å². The van der Waals surface area contributed by atoms with E-state index >= 15 is 0 Å². The first-order chi connectivity index (χ1) is 7.09. The summed E-state index contributed by atoms with van der Waals surface area (Å²) in [6.45, 7) is 0. The molecular weight excluding hydrogens is 261 g/mol. The highest BCUT2D eigenvalue weighted by atomic mass is 79.9. The molecule has 15 heavy (non-hydrogen) atoms. The van der Waals surface area contributed by atoms with E-state index < -0.39 is 5.82 Å². The molecule has 1 aliphatic rings. The van der Waals surface area contributed by atoms with Gasteiger partial charge in [-0.1, -0.05) is 15.9 Å². The van der Waals surface area contributed by atoms with E-state index in [9.17, 15) is 9.18 Å². The number of halogens is 2. The number of carbonyl (C=O) groups excluding carboxylic acids is 1. The molecule has 0 atom stereocenters. The fraction of sp³-hybridized carbons (Fsp3) is 0.364. The van der Waals surface area contributed by atoms with Crippen LogP contribution < -0.4 is 0 Å². The molecule has 0 saturated heterocycles. The van der Waals surface area contributed by atoms with Gasteiger partial charge in [-0.05, 0) is 31.0 Å². The van der Waals surface area contributed by atoms with Gasteiger partial charge in [-0.25, -0.2) is 4.39 Å². The number of hydrogen-bond acceptors (Lipinski definition) is 1. The smallest absolute Gasteiger partial charge is 0.256 e. The minimum atomic E-state index is -0.470. The van der Waals surface area contributed by atoms with Crippen molar-refractivity contribution in [2.45, 2.75) is 18.9 Å². The molecule has 80 valence electrons. The van der Waals surface area contributed by atoms with E-state index in [0.717, 1.165) is 12.8 Å². The Morgan fingerprint density at radius 1 is 1.53 bits per heavy atom. The van der Waals surface area contributed by atoms with Gasteiger partial charge in [0.2, 0.25) is 0 Å². The summed E-state index contributed by atoms with van der Waals surface area (Å²) in [6, 6.07) is 4.81. The van der Waals surface area contributed by atoms with Gasteiger partial charge in [0.05, 0.1) is 5.56 Å². The molecule has 0 bridgehead atoms. The second kappa shape index (κ2) is 3.93. The number of amides is 1. The predicted molar refractivity (Wildman–Crippen MR) is 59.2 cm³/mol. The second-order valence-electron chi connectivity index (χ2n) is 3.77. The third-order valence-electron chi connectivity index (χ3n) is 2.58. The number of hydrogen-bond donors (Lipinski definition) is 0. The zero-order valence-electron chi connectivity index (χ0n) is 8.34. The van der Waals surface area contributed by atoms with Crippen LogP contribution in [-0.4, -0.2) is 23.9 Å². The lowest BCUT2D eigenvalue weighted by Crippen LogP contribution is -2.29. The third-order valence-corrected chi connectivity index (χ3v) is 3.07. The third kappa shape index (κ3) is 2.20. The number of carbonyl (C=O) groups is 1. The standard InChI is InChI=1S/C11H11BrFNO/c1-14(8-3-4-8)11(15)9-5-2-7(12)6-10(9)13/h2,5-6,8H,3-4H2,1H3. The zero-order chi connectivity index (χ0) is 11.0. The van der Waals surface area contributed by atoms with E-state index in [1.807, 2.05) is 0 Å². The summed E-state index contributed by atoms with van der Waals surface area (Å²) >= 11 is 3.16. The van der Waals surface area contributed by atoms with E-state index in [-0.39, 0.29) is 11.5 Å². The van der Waals surface area contributed by atoms with Gasteiger partial charge in [-0.2, -0.15) is 0 Å². The molecule has 0 radical (unpaired) electrons. The fourth-order valence-corrected chi connectivity index (χ4v) is 1.81. The molecule has 1 aromatic carbocycles. The van der Waals surface area contributed by atoms with Gasteiger partial charge in [-0.3, -0.25) is 4.79 Å². The summed E-state index contributed by atoms with van der Waals surface area (Å²) in [5.41, 5.74) is 0.146. The molecule has 1 aliphatic carbocycles. The molecule has 0 spiro atoms. The number of benzene rings is 1. The topological polar surface area (TPSA) is 20.3 Å². The molecule has 1 saturated carbocycles. The van der Waals surface area contributed by atoms with Gasteiger partial charge in [0.1, 0.15) is 5.82 Å². The maximum Gasteiger partial charge on any atom is 0.256 e. The van der Waals surface area contributed by atoms with Gasteiger partial charge in [0.25, 0.3) is 5.91 Å². The Kier molecular flexibility index (Phi) is 2.78. The average molecular weight is 272 g/mol. The minimum Gasteiger partial charge on any atom is -0.339 e. The second-order valence-corrected chi connectivity index (χ2v) is 4.69. The van der Waals surface area contributed by atoms with Crippen LogP contribution >= 0.6 is 15.9 Å². The molecule has 0 N–H and O–H groups in total. The molecule has 1 fully saturated rings. The number of rotatable bonds is 2. The molecule has 2 nitrogen and oxygen atoms in total. The summed E-state index contributed by atoms with van der Waals surface area (Å²) in [5, 5.41) is 0. The van der Waals surface area contributed by atoms with Gasteiger partial charge >= 0.3 is 0 Å². The fourth-order valence-electron chi connectivity index (χ4n) is 1.48. The first kappa shape index (κ1) is 10.6. The van der Waals surface area contributed by atoms with Crippen LogP contribution in [0.1, 0.15) is 23.2 Å². The van der Waals surface area contributed by atoms with E-state index in [4.69, 9.17) is 0 Å². The normalized spacial score (nSPS) is 15.1. The molecule has 1 amide bonds. The minimum absolute atomic E-state index is 0.146. The molecule has 0 unspecified atom stereocenters. The largest absolute Gasteiger partial charge is 0.339 e. The summed E-state index contributed by atoms with van der Waals surface area (Å²) in [4.78, 5) is 13.4. The van der Waals surface area contributed by atoms with Crippen LogP contribution in [0.2, 0.25) is 0 Å². The van der Waals surface area contributed by atoms with Crippen molar-refractivity contribution < 1.29 is 9.18 Å². The highest BCUT2D eigenvalue weighted by Gasteiger charge is 2.30. The first-order valence-corrected chi connectivity index (χ1v) is 5.61. The van der Waals surface area contributed by atoms with Crippen LogP contribution in [0.4, 0.5) is 4.39 Å². The molecule has 0 aromatic heterocycles. The summed E-state index contributed by atoms with van der Waals surface area (Å²) < 4.78 is 14.1. The van der Waals surface area contributed by atoms with Crippen LogP contribution in [0, 0.1) is 5.82 Å². The van der Waals surface area contributed by atoms with Crippen LogP contribution in [-0.2, 0) is 0 Å². The van der Waals surface area contributed by atoms with Crippen molar-refractivity contribution in [2.24, 2.45) is 0 Å². The van der Waals surface area contributed by atoms with Gasteiger partial charge in [0, 0.05) is 17.6 Å². The Morgan fingerprint density at radius 2 is 2.20 bits per heavy atom. The maximum absolute atomic E-state index is 13.5. The monoisotopic (exact) mass is 271 g/mol. The summed E-state index contributed by atoms with van der Waals surface area (Å²) in [5.74, 6) is -0.704. The maximum atomic E-state index is 13.5. The lowest BCUT2D eigenvalue weighted by atomic mass is 10.2. The van der Waals surface area contributed by atoms with Crippen molar-refractivity contribution >= 4 is 21.8 Å². The lowest BCUT2D eigenvalue weighted by Gasteiger charge is -2.16. The Balaban J connectivity index is 2.24. The summed E-state index contributed by atoms with van der Waals surface area (Å²) in [7, 11) is 1.72. The lowest BCUT2D eigenvalue weighted by molar-refractivity contribution is 0.0780. The van der Waals surface area contributed by atoms with Crippen molar-refractivity contribution in [3.05, 3.63) is 34.1 Å². The SMILES string of the molecule is CN(C(=O)c1ccc(Br)cc1F)C1CC1. The average Bonchev–Trinajstić information content (AvgIpc) is 2.99. The highest BCUT2D eigenvalue weighted by molar-refractivity contribution is 9.10. The van der Waals surface area contributed by atoms with Crippen LogP contribution in [0.3, 0.4) is 0 Å². The van der Waals surface area contributed by atoms with Crippen LogP contribution in [0.5, 0.6) is 0 Å². The first-order valence-electron chi connectivity index (χ1n) is 4.82. The molecule has 0 heterocycles. The molecule has 1 aromatic rings. The van der Waals surface area contributed by atoms with Gasteiger partial charge in [-0.15, -0.1) is 0 Å². The predicted octanol–water partition coefficient (Wildman–Crippen LogP) is 2.82.